The minimum Gasteiger partial charge on any atom is -0.456 e. The average molecular weight is 296 g/mol. The smallest absolute Gasteiger partial charge is 0.340 e. The van der Waals surface area contributed by atoms with Crippen LogP contribution in [0.25, 0.3) is 5.57 Å². The van der Waals surface area contributed by atoms with Gasteiger partial charge >= 0.3 is 5.97 Å². The number of hydrogen-bond acceptors (Lipinski definition) is 5. The van der Waals surface area contributed by atoms with E-state index in [1.807, 2.05) is 26.8 Å². The van der Waals surface area contributed by atoms with Gasteiger partial charge in [-0.25, -0.2) is 9.78 Å². The van der Waals surface area contributed by atoms with Crippen molar-refractivity contribution in [3.05, 3.63) is 17.2 Å². The highest BCUT2D eigenvalue weighted by molar-refractivity contribution is 7.13. The summed E-state index contributed by atoms with van der Waals surface area (Å²) in [5, 5.41) is 2.26. The van der Waals surface area contributed by atoms with Crippen LogP contribution in [0, 0.1) is 0 Å². The molecule has 0 bridgehead atoms. The molecule has 112 valence electrons. The van der Waals surface area contributed by atoms with Crippen molar-refractivity contribution in [2.75, 3.05) is 5.73 Å². The van der Waals surface area contributed by atoms with E-state index in [2.05, 4.69) is 11.9 Å². The van der Waals surface area contributed by atoms with E-state index >= 15 is 0 Å². The predicted molar refractivity (Wildman–Crippen MR) is 84.5 cm³/mol. The van der Waals surface area contributed by atoms with E-state index < -0.39 is 5.60 Å². The Morgan fingerprint density at radius 3 is 2.65 bits per heavy atom. The van der Waals surface area contributed by atoms with Crippen LogP contribution in [-0.4, -0.2) is 16.6 Å². The third-order valence-electron chi connectivity index (χ3n) is 2.57. The van der Waals surface area contributed by atoms with Crippen molar-refractivity contribution in [2.24, 2.45) is 0 Å². The van der Waals surface area contributed by atoms with Gasteiger partial charge in [0.25, 0.3) is 0 Å². The third-order valence-corrected chi connectivity index (χ3v) is 3.25. The zero-order valence-corrected chi connectivity index (χ0v) is 13.5. The van der Waals surface area contributed by atoms with E-state index in [4.69, 9.17) is 10.5 Å². The quantitative estimate of drug-likeness (QED) is 0.489. The molecule has 0 aliphatic carbocycles. The van der Waals surface area contributed by atoms with Gasteiger partial charge in [0.1, 0.15) is 5.60 Å². The summed E-state index contributed by atoms with van der Waals surface area (Å²) in [6.07, 6.45) is 6.12. The normalized spacial score (nSPS) is 12.5. The Bertz CT molecular complexity index is 472. The van der Waals surface area contributed by atoms with Crippen LogP contribution in [0.4, 0.5) is 5.13 Å². The van der Waals surface area contributed by atoms with E-state index in [-0.39, 0.29) is 5.97 Å². The van der Waals surface area contributed by atoms with Gasteiger partial charge in [-0.2, -0.15) is 0 Å². The minimum absolute atomic E-state index is 0.334. The number of allylic oxidation sites excluding steroid dienone is 1. The molecule has 0 unspecified atom stereocenters. The largest absolute Gasteiger partial charge is 0.456 e. The number of carbonyl (C=O) groups excluding carboxylic acids is 1. The van der Waals surface area contributed by atoms with Gasteiger partial charge in [-0.1, -0.05) is 25.8 Å². The maximum absolute atomic E-state index is 12.3. The lowest BCUT2D eigenvalue weighted by Crippen LogP contribution is -2.24. The molecule has 0 aliphatic rings. The van der Waals surface area contributed by atoms with E-state index in [1.54, 1.807) is 5.38 Å². The molecule has 1 aromatic heterocycles. The van der Waals surface area contributed by atoms with Crippen molar-refractivity contribution in [3.8, 4) is 0 Å². The Labute approximate surface area is 125 Å². The molecule has 0 spiro atoms. The third kappa shape index (κ3) is 5.74. The Hall–Kier alpha value is -1.36. The highest BCUT2D eigenvalue weighted by Crippen LogP contribution is 2.23. The molecule has 4 nitrogen and oxygen atoms in total. The summed E-state index contributed by atoms with van der Waals surface area (Å²) >= 11 is 1.33. The number of aromatic nitrogens is 1. The molecule has 0 radical (unpaired) electrons. The van der Waals surface area contributed by atoms with Gasteiger partial charge in [-0.15, -0.1) is 11.3 Å². The number of esters is 1. The van der Waals surface area contributed by atoms with Gasteiger partial charge in [-0.05, 0) is 33.6 Å². The van der Waals surface area contributed by atoms with Crippen molar-refractivity contribution in [1.82, 2.24) is 4.98 Å². The summed E-state index contributed by atoms with van der Waals surface area (Å²) in [4.78, 5) is 16.5. The highest BCUT2D eigenvalue weighted by atomic mass is 32.1. The molecule has 0 aromatic carbocycles. The van der Waals surface area contributed by atoms with Gasteiger partial charge < -0.3 is 10.5 Å². The molecule has 0 atom stereocenters. The number of anilines is 1. The molecule has 0 saturated heterocycles. The summed E-state index contributed by atoms with van der Waals surface area (Å²) in [5.74, 6) is -0.334. The SMILES string of the molecule is CCCCCC=C(C(=O)OC(C)(C)C)c1csc(N)n1. The van der Waals surface area contributed by atoms with Gasteiger partial charge in [0, 0.05) is 5.38 Å². The fourth-order valence-electron chi connectivity index (χ4n) is 1.68. The number of unbranched alkanes of at least 4 members (excludes halogenated alkanes) is 3. The monoisotopic (exact) mass is 296 g/mol. The van der Waals surface area contributed by atoms with Crippen LogP contribution >= 0.6 is 11.3 Å². The molecular weight excluding hydrogens is 272 g/mol. The molecule has 1 aromatic rings. The molecule has 20 heavy (non-hydrogen) atoms. The maximum Gasteiger partial charge on any atom is 0.340 e. The lowest BCUT2D eigenvalue weighted by atomic mass is 10.1. The second kappa shape index (κ2) is 7.43. The summed E-state index contributed by atoms with van der Waals surface area (Å²) in [6.45, 7) is 7.72. The predicted octanol–water partition coefficient (Wildman–Crippen LogP) is 4.03. The second-order valence-corrected chi connectivity index (χ2v) is 6.58. The number of rotatable bonds is 6. The van der Waals surface area contributed by atoms with Crippen molar-refractivity contribution in [1.29, 1.82) is 0 Å². The van der Waals surface area contributed by atoms with E-state index in [1.165, 1.54) is 11.3 Å². The highest BCUT2D eigenvalue weighted by Gasteiger charge is 2.22. The van der Waals surface area contributed by atoms with Crippen LogP contribution in [0.5, 0.6) is 0 Å². The standard InChI is InChI=1S/C15H24N2O2S/c1-5-6-7-8-9-11(12-10-20-14(16)17-12)13(18)19-15(2,3)4/h9-10H,5-8H2,1-4H3,(H2,16,17). The molecule has 5 heteroatoms. The number of thiazole rings is 1. The second-order valence-electron chi connectivity index (χ2n) is 5.69. The number of ether oxygens (including phenoxy) is 1. The summed E-state index contributed by atoms with van der Waals surface area (Å²) < 4.78 is 5.44. The molecule has 2 N–H and O–H groups in total. The Kier molecular flexibility index (Phi) is 6.20. The Morgan fingerprint density at radius 1 is 1.45 bits per heavy atom. The first kappa shape index (κ1) is 16.7. The Balaban J connectivity index is 2.87. The minimum atomic E-state index is -0.513. The zero-order chi connectivity index (χ0) is 15.2. The van der Waals surface area contributed by atoms with Crippen LogP contribution in [0.1, 0.15) is 59.1 Å². The lowest BCUT2D eigenvalue weighted by Gasteiger charge is -2.20. The van der Waals surface area contributed by atoms with Crippen molar-refractivity contribution in [2.45, 2.75) is 59.0 Å². The van der Waals surface area contributed by atoms with Crippen LogP contribution in [0.15, 0.2) is 11.5 Å². The Morgan fingerprint density at radius 2 is 2.15 bits per heavy atom. The van der Waals surface area contributed by atoms with Gasteiger partial charge in [0.05, 0.1) is 11.3 Å². The van der Waals surface area contributed by atoms with Crippen molar-refractivity contribution < 1.29 is 9.53 Å². The van der Waals surface area contributed by atoms with Crippen molar-refractivity contribution >= 4 is 28.0 Å². The van der Waals surface area contributed by atoms with Crippen LogP contribution < -0.4 is 5.73 Å². The number of carbonyl (C=O) groups is 1. The van der Waals surface area contributed by atoms with Gasteiger partial charge in [-0.3, -0.25) is 0 Å². The van der Waals surface area contributed by atoms with Gasteiger partial charge in [0.2, 0.25) is 0 Å². The molecule has 1 rings (SSSR count). The zero-order valence-electron chi connectivity index (χ0n) is 12.7. The van der Waals surface area contributed by atoms with Crippen molar-refractivity contribution in [3.63, 3.8) is 0 Å². The van der Waals surface area contributed by atoms with Crippen LogP contribution in [0.3, 0.4) is 0 Å². The number of hydrogen-bond donors (Lipinski definition) is 1. The van der Waals surface area contributed by atoms with E-state index in [9.17, 15) is 4.79 Å². The summed E-state index contributed by atoms with van der Waals surface area (Å²) in [7, 11) is 0. The summed E-state index contributed by atoms with van der Waals surface area (Å²) in [5.41, 5.74) is 6.26. The fourth-order valence-corrected chi connectivity index (χ4v) is 2.24. The molecular formula is C15H24N2O2S. The first-order valence-corrected chi connectivity index (χ1v) is 7.86. The lowest BCUT2D eigenvalue weighted by molar-refractivity contribution is -0.147. The van der Waals surface area contributed by atoms with Crippen LogP contribution in [-0.2, 0) is 9.53 Å². The molecule has 0 fully saturated rings. The average Bonchev–Trinajstić information content (AvgIpc) is 2.73. The number of nitrogens with zero attached hydrogens (tertiary/aromatic N) is 1. The maximum atomic E-state index is 12.3. The molecule has 1 heterocycles. The molecule has 0 saturated carbocycles. The number of nitrogen functional groups attached to an aromatic ring is 1. The van der Waals surface area contributed by atoms with E-state index in [0.717, 1.165) is 25.7 Å². The first-order valence-electron chi connectivity index (χ1n) is 6.98. The fraction of sp³-hybridized carbons (Fsp3) is 0.600. The van der Waals surface area contributed by atoms with Gasteiger partial charge in [0.15, 0.2) is 5.13 Å². The topological polar surface area (TPSA) is 65.2 Å². The van der Waals surface area contributed by atoms with Crippen LogP contribution in [0.2, 0.25) is 0 Å². The molecule has 0 amide bonds. The van der Waals surface area contributed by atoms with E-state index in [0.29, 0.717) is 16.4 Å². The molecule has 0 aliphatic heterocycles. The first-order chi connectivity index (χ1) is 9.33. The number of nitrogens with two attached hydrogens (primary N) is 1. The summed E-state index contributed by atoms with van der Waals surface area (Å²) in [6, 6.07) is 0.